The molecule has 2 bridgehead atoms. The molecule has 0 radical (unpaired) electrons. The van der Waals surface area contributed by atoms with Crippen LogP contribution in [0.1, 0.15) is 34.6 Å². The molecule has 7 heteroatoms. The van der Waals surface area contributed by atoms with Gasteiger partial charge in [0.2, 0.25) is 0 Å². The van der Waals surface area contributed by atoms with E-state index in [1.165, 1.54) is 28.2 Å². The zero-order chi connectivity index (χ0) is 24.5. The average Bonchev–Trinajstić information content (AvgIpc) is 3.68. The van der Waals surface area contributed by atoms with Crippen LogP contribution >= 0.6 is 22.7 Å². The number of carbonyl (C=O) groups is 1. The number of likely N-dealkylation sites (N-methyl/N-ethyl adjacent to an activating group) is 1. The zero-order valence-electron chi connectivity index (χ0n) is 20.3. The fourth-order valence-corrected chi connectivity index (χ4v) is 7.64. The van der Waals surface area contributed by atoms with E-state index in [2.05, 4.69) is 26.2 Å². The van der Waals surface area contributed by atoms with Gasteiger partial charge in [-0.25, -0.2) is 0 Å². The van der Waals surface area contributed by atoms with Crippen LogP contribution in [-0.4, -0.2) is 49.8 Å². The molecule has 2 aromatic heterocycles. The fourth-order valence-electron chi connectivity index (χ4n) is 5.94. The SMILES string of the molecule is C[N+](C)(CCOCc1ccccc1)[C@H]1CC2CCC1C2OC(=O)C([O-])(c1cccs1)c1cccs1. The van der Waals surface area contributed by atoms with Crippen molar-refractivity contribution in [1.82, 2.24) is 0 Å². The monoisotopic (exact) mass is 511 g/mol. The quantitative estimate of drug-likeness (QED) is 0.230. The van der Waals surface area contributed by atoms with Crippen molar-refractivity contribution in [2.75, 3.05) is 27.2 Å². The van der Waals surface area contributed by atoms with E-state index in [4.69, 9.17) is 9.47 Å². The first-order valence-corrected chi connectivity index (χ1v) is 14.1. The minimum atomic E-state index is -1.99. The smallest absolute Gasteiger partial charge is 0.306 e. The molecule has 3 aromatic rings. The van der Waals surface area contributed by atoms with Crippen LogP contribution in [0.5, 0.6) is 0 Å². The Bertz CT molecular complexity index is 1060. The predicted molar refractivity (Wildman–Crippen MR) is 137 cm³/mol. The third-order valence-electron chi connectivity index (χ3n) is 7.88. The van der Waals surface area contributed by atoms with Crippen LogP contribution in [0.2, 0.25) is 0 Å². The van der Waals surface area contributed by atoms with E-state index in [9.17, 15) is 9.90 Å². The number of rotatable bonds is 10. The number of fused-ring (bicyclic) bond motifs is 2. The summed E-state index contributed by atoms with van der Waals surface area (Å²) in [5.74, 6) is -0.0436. The van der Waals surface area contributed by atoms with Crippen molar-refractivity contribution < 1.29 is 23.9 Å². The van der Waals surface area contributed by atoms with Crippen LogP contribution in [0.3, 0.4) is 0 Å². The molecule has 2 heterocycles. The first-order valence-electron chi connectivity index (χ1n) is 12.3. The first-order chi connectivity index (χ1) is 16.9. The number of ether oxygens (including phenoxy) is 2. The van der Waals surface area contributed by atoms with Crippen molar-refractivity contribution in [3.63, 3.8) is 0 Å². The van der Waals surface area contributed by atoms with Crippen molar-refractivity contribution in [1.29, 1.82) is 0 Å². The summed E-state index contributed by atoms with van der Waals surface area (Å²) in [6.45, 7) is 2.20. The number of carbonyl (C=O) groups excluding carboxylic acids is 1. The largest absolute Gasteiger partial charge is 0.833 e. The predicted octanol–water partition coefficient (Wildman–Crippen LogP) is 4.42. The Hall–Kier alpha value is -2.03. The van der Waals surface area contributed by atoms with E-state index in [0.717, 1.165) is 30.3 Å². The second kappa shape index (κ2) is 10.1. The normalized spacial score (nSPS) is 24.1. The third-order valence-corrected chi connectivity index (χ3v) is 9.83. The molecule has 35 heavy (non-hydrogen) atoms. The number of hydrogen-bond donors (Lipinski definition) is 0. The van der Waals surface area contributed by atoms with Gasteiger partial charge in [0, 0.05) is 28.0 Å². The van der Waals surface area contributed by atoms with Gasteiger partial charge in [-0.05, 0) is 41.3 Å². The summed E-state index contributed by atoms with van der Waals surface area (Å²) in [5, 5.41) is 17.7. The molecule has 0 amide bonds. The summed E-state index contributed by atoms with van der Waals surface area (Å²) in [6, 6.07) is 17.8. The molecule has 3 unspecified atom stereocenters. The lowest BCUT2D eigenvalue weighted by atomic mass is 9.93. The Morgan fingerprint density at radius 2 is 1.71 bits per heavy atom. The van der Waals surface area contributed by atoms with Crippen LogP contribution in [0, 0.1) is 11.8 Å². The topological polar surface area (TPSA) is 58.6 Å². The molecular weight excluding hydrogens is 478 g/mol. The van der Waals surface area contributed by atoms with Gasteiger partial charge in [-0.2, -0.15) is 0 Å². The highest BCUT2D eigenvalue weighted by atomic mass is 32.1. The minimum Gasteiger partial charge on any atom is -0.833 e. The average molecular weight is 512 g/mol. The van der Waals surface area contributed by atoms with Crippen LogP contribution in [0.4, 0.5) is 0 Å². The molecule has 0 N–H and O–H groups in total. The number of hydrogen-bond acceptors (Lipinski definition) is 6. The van der Waals surface area contributed by atoms with E-state index in [-0.39, 0.29) is 12.0 Å². The zero-order valence-corrected chi connectivity index (χ0v) is 21.9. The molecule has 1 aromatic carbocycles. The number of nitrogens with zero attached hydrogens (tertiary/aromatic N) is 1. The fraction of sp³-hybridized carbons (Fsp3) is 0.464. The van der Waals surface area contributed by atoms with E-state index < -0.39 is 11.6 Å². The van der Waals surface area contributed by atoms with E-state index in [1.807, 2.05) is 41.1 Å². The summed E-state index contributed by atoms with van der Waals surface area (Å²) in [6.07, 6.45) is 2.96. The molecule has 0 spiro atoms. The van der Waals surface area contributed by atoms with E-state index >= 15 is 0 Å². The number of benzene rings is 1. The van der Waals surface area contributed by atoms with Gasteiger partial charge in [0.1, 0.15) is 12.6 Å². The number of thiophene rings is 2. The maximum Gasteiger partial charge on any atom is 0.306 e. The molecular formula is C28H33NO4S2. The molecule has 5 nitrogen and oxygen atoms in total. The van der Waals surface area contributed by atoms with Gasteiger partial charge in [-0.15, -0.1) is 22.7 Å². The van der Waals surface area contributed by atoms with Crippen LogP contribution < -0.4 is 5.11 Å². The van der Waals surface area contributed by atoms with Crippen molar-refractivity contribution in [2.24, 2.45) is 11.8 Å². The van der Waals surface area contributed by atoms with Gasteiger partial charge in [-0.3, -0.25) is 4.79 Å². The van der Waals surface area contributed by atoms with Gasteiger partial charge < -0.3 is 19.1 Å². The van der Waals surface area contributed by atoms with Gasteiger partial charge in [-0.1, -0.05) is 42.5 Å². The minimum absolute atomic E-state index is 0.177. The maximum absolute atomic E-state index is 14.0. The lowest BCUT2D eigenvalue weighted by Crippen LogP contribution is -2.54. The molecule has 2 aliphatic rings. The second-order valence-electron chi connectivity index (χ2n) is 10.4. The summed E-state index contributed by atoms with van der Waals surface area (Å²) in [4.78, 5) is 14.5. The third kappa shape index (κ3) is 4.85. The Morgan fingerprint density at radius 1 is 1.03 bits per heavy atom. The van der Waals surface area contributed by atoms with Crippen molar-refractivity contribution in [3.8, 4) is 0 Å². The van der Waals surface area contributed by atoms with Crippen LogP contribution in [0.15, 0.2) is 65.4 Å². The molecule has 0 saturated heterocycles. The van der Waals surface area contributed by atoms with Gasteiger partial charge in [0.05, 0.1) is 39.0 Å². The van der Waals surface area contributed by atoms with Crippen LogP contribution in [0.25, 0.3) is 0 Å². The molecule has 5 rings (SSSR count). The van der Waals surface area contributed by atoms with Crippen LogP contribution in [-0.2, 0) is 26.5 Å². The summed E-state index contributed by atoms with van der Waals surface area (Å²) in [7, 11) is 4.51. The molecule has 0 aliphatic heterocycles. The molecule has 186 valence electrons. The van der Waals surface area contributed by atoms with Crippen molar-refractivity contribution in [3.05, 3.63) is 80.7 Å². The maximum atomic E-state index is 14.0. The Balaban J connectivity index is 1.24. The lowest BCUT2D eigenvalue weighted by Gasteiger charge is -2.41. The molecule has 2 saturated carbocycles. The van der Waals surface area contributed by atoms with Gasteiger partial charge in [0.25, 0.3) is 0 Å². The standard InChI is InChI=1S/C28H33NO4S2/c1-29(2,14-15-32-19-20-8-4-3-5-9-20)23-18-21-12-13-22(23)26(21)33-27(30)28(31,24-10-6-16-34-24)25-11-7-17-35-25/h3-11,16-17,21-23,26H,12-15,18-19H2,1-2H3/t21?,22?,23-,26?/m0/s1. The highest BCUT2D eigenvalue weighted by Gasteiger charge is 2.56. The second-order valence-corrected chi connectivity index (χ2v) is 12.2. The summed E-state index contributed by atoms with van der Waals surface area (Å²) < 4.78 is 13.0. The van der Waals surface area contributed by atoms with Crippen molar-refractivity contribution in [2.45, 2.75) is 43.6 Å². The van der Waals surface area contributed by atoms with E-state index in [0.29, 0.717) is 34.9 Å². The Morgan fingerprint density at radius 3 is 2.34 bits per heavy atom. The highest BCUT2D eigenvalue weighted by Crippen LogP contribution is 2.50. The molecule has 2 aliphatic carbocycles. The molecule has 4 atom stereocenters. The van der Waals surface area contributed by atoms with Gasteiger partial charge >= 0.3 is 5.97 Å². The Labute approximate surface area is 215 Å². The first kappa shape index (κ1) is 24.7. The van der Waals surface area contributed by atoms with Gasteiger partial charge in [0.15, 0.2) is 0 Å². The highest BCUT2D eigenvalue weighted by molar-refractivity contribution is 7.12. The number of esters is 1. The summed E-state index contributed by atoms with van der Waals surface area (Å²) >= 11 is 2.64. The molecule has 2 fully saturated rings. The lowest BCUT2D eigenvalue weighted by molar-refractivity contribution is -0.919. The van der Waals surface area contributed by atoms with Crippen molar-refractivity contribution >= 4 is 28.6 Å². The number of quaternary nitrogens is 1. The van der Waals surface area contributed by atoms with E-state index in [1.54, 1.807) is 12.1 Å². The summed E-state index contributed by atoms with van der Waals surface area (Å²) in [5.41, 5.74) is -0.808. The Kier molecular flexibility index (Phi) is 7.15.